The van der Waals surface area contributed by atoms with Crippen LogP contribution in [0.2, 0.25) is 0 Å². The zero-order chi connectivity index (χ0) is 11.5. The summed E-state index contributed by atoms with van der Waals surface area (Å²) in [5.74, 6) is 0.700. The Labute approximate surface area is 106 Å². The third kappa shape index (κ3) is 2.41. The Morgan fingerprint density at radius 2 is 2.31 bits per heavy atom. The molecule has 0 aromatic heterocycles. The van der Waals surface area contributed by atoms with E-state index in [1.165, 1.54) is 28.6 Å². The van der Waals surface area contributed by atoms with Crippen LogP contribution in [0.4, 0.5) is 5.69 Å². The van der Waals surface area contributed by atoms with Crippen LogP contribution in [0.5, 0.6) is 0 Å². The number of nitrogens with zero attached hydrogens (tertiary/aromatic N) is 1. The van der Waals surface area contributed by atoms with Gasteiger partial charge in [0.15, 0.2) is 0 Å². The normalized spacial score (nSPS) is 18.9. The van der Waals surface area contributed by atoms with Gasteiger partial charge < -0.3 is 10.2 Å². The minimum absolute atomic E-state index is 0.700. The van der Waals surface area contributed by atoms with Gasteiger partial charge in [-0.2, -0.15) is 0 Å². The molecule has 1 N–H and O–H groups in total. The average molecular weight is 283 g/mol. The fourth-order valence-corrected chi connectivity index (χ4v) is 2.88. The molecule has 0 saturated carbocycles. The first-order valence-electron chi connectivity index (χ1n) is 5.87. The quantitative estimate of drug-likeness (QED) is 0.855. The van der Waals surface area contributed by atoms with E-state index in [4.69, 9.17) is 0 Å². The molecule has 0 fully saturated rings. The summed E-state index contributed by atoms with van der Waals surface area (Å²) in [6.07, 6.45) is 2.52. The maximum absolute atomic E-state index is 3.56. The highest BCUT2D eigenvalue weighted by atomic mass is 79.9. The minimum atomic E-state index is 0.700. The number of anilines is 1. The summed E-state index contributed by atoms with van der Waals surface area (Å²) in [6.45, 7) is 2.28. The Morgan fingerprint density at radius 3 is 3.06 bits per heavy atom. The lowest BCUT2D eigenvalue weighted by molar-refractivity contribution is 0.594. The van der Waals surface area contributed by atoms with Gasteiger partial charge in [-0.25, -0.2) is 0 Å². The summed E-state index contributed by atoms with van der Waals surface area (Å²) in [6, 6.07) is 6.63. The molecular weight excluding hydrogens is 264 g/mol. The van der Waals surface area contributed by atoms with E-state index >= 15 is 0 Å². The molecule has 1 atom stereocenters. The van der Waals surface area contributed by atoms with Crippen molar-refractivity contribution in [1.29, 1.82) is 0 Å². The molecule has 2 nitrogen and oxygen atoms in total. The number of likely N-dealkylation sites (N-methyl/N-ethyl adjacent to an activating group) is 1. The number of benzene rings is 1. The Balaban J connectivity index is 2.11. The van der Waals surface area contributed by atoms with E-state index in [1.807, 2.05) is 7.05 Å². The smallest absolute Gasteiger partial charge is 0.0400 e. The zero-order valence-corrected chi connectivity index (χ0v) is 11.5. The van der Waals surface area contributed by atoms with Crippen molar-refractivity contribution in [2.24, 2.45) is 0 Å². The molecule has 1 aromatic carbocycles. The van der Waals surface area contributed by atoms with Crippen LogP contribution in [0.15, 0.2) is 22.7 Å². The summed E-state index contributed by atoms with van der Waals surface area (Å²) < 4.78 is 1.19. The predicted octanol–water partition coefficient (Wildman–Crippen LogP) is 2.98. The highest BCUT2D eigenvalue weighted by Gasteiger charge is 2.25. The van der Waals surface area contributed by atoms with Gasteiger partial charge in [-0.3, -0.25) is 0 Å². The Hall–Kier alpha value is -0.540. The standard InChI is InChI=1S/C13H19BrN2/c1-15-7-3-4-10-9-16(2)13-6-5-11(14)8-12(10)13/h5-6,8,10,15H,3-4,7,9H2,1-2H3. The molecule has 1 aliphatic rings. The number of halogens is 1. The van der Waals surface area contributed by atoms with Crippen molar-refractivity contribution < 1.29 is 0 Å². The second-order valence-corrected chi connectivity index (χ2v) is 5.44. The van der Waals surface area contributed by atoms with Crippen LogP contribution in [0.25, 0.3) is 0 Å². The van der Waals surface area contributed by atoms with Crippen molar-refractivity contribution in [3.63, 3.8) is 0 Å². The van der Waals surface area contributed by atoms with E-state index < -0.39 is 0 Å². The summed E-state index contributed by atoms with van der Waals surface area (Å²) >= 11 is 3.56. The summed E-state index contributed by atoms with van der Waals surface area (Å²) in [7, 11) is 4.20. The van der Waals surface area contributed by atoms with Gasteiger partial charge in [-0.1, -0.05) is 15.9 Å². The topological polar surface area (TPSA) is 15.3 Å². The second kappa shape index (κ2) is 5.19. The molecule has 1 heterocycles. The van der Waals surface area contributed by atoms with Gasteiger partial charge in [0.05, 0.1) is 0 Å². The fraction of sp³-hybridized carbons (Fsp3) is 0.538. The van der Waals surface area contributed by atoms with Crippen LogP contribution >= 0.6 is 15.9 Å². The van der Waals surface area contributed by atoms with Gasteiger partial charge >= 0.3 is 0 Å². The number of hydrogen-bond donors (Lipinski definition) is 1. The molecule has 0 aliphatic carbocycles. The lowest BCUT2D eigenvalue weighted by Gasteiger charge is -2.12. The van der Waals surface area contributed by atoms with Crippen LogP contribution in [0.1, 0.15) is 24.3 Å². The molecule has 88 valence electrons. The minimum Gasteiger partial charge on any atom is -0.374 e. The van der Waals surface area contributed by atoms with E-state index in [9.17, 15) is 0 Å². The van der Waals surface area contributed by atoms with E-state index in [0.29, 0.717) is 5.92 Å². The van der Waals surface area contributed by atoms with Gasteiger partial charge in [0.2, 0.25) is 0 Å². The molecule has 0 saturated heterocycles. The SMILES string of the molecule is CNCCCC1CN(C)c2ccc(Br)cc21. The van der Waals surface area contributed by atoms with Crippen LogP contribution in [0, 0.1) is 0 Å². The van der Waals surface area contributed by atoms with Crippen molar-refractivity contribution in [2.45, 2.75) is 18.8 Å². The van der Waals surface area contributed by atoms with Crippen LogP contribution in [-0.4, -0.2) is 27.2 Å². The van der Waals surface area contributed by atoms with E-state index in [2.05, 4.69) is 51.4 Å². The first-order chi connectivity index (χ1) is 7.72. The number of hydrogen-bond acceptors (Lipinski definition) is 2. The molecule has 16 heavy (non-hydrogen) atoms. The van der Waals surface area contributed by atoms with Crippen LogP contribution in [0.3, 0.4) is 0 Å². The Kier molecular flexibility index (Phi) is 3.87. The Bertz CT molecular complexity index is 365. The molecular formula is C13H19BrN2. The molecule has 0 amide bonds. The molecule has 3 heteroatoms. The second-order valence-electron chi connectivity index (χ2n) is 4.53. The van der Waals surface area contributed by atoms with Crippen molar-refractivity contribution in [1.82, 2.24) is 5.32 Å². The number of nitrogens with one attached hydrogen (secondary N) is 1. The van der Waals surface area contributed by atoms with E-state index in [-0.39, 0.29) is 0 Å². The van der Waals surface area contributed by atoms with Gasteiger partial charge in [-0.15, -0.1) is 0 Å². The van der Waals surface area contributed by atoms with Crippen LogP contribution < -0.4 is 10.2 Å². The number of rotatable bonds is 4. The first kappa shape index (κ1) is 11.9. The van der Waals surface area contributed by atoms with Crippen LogP contribution in [-0.2, 0) is 0 Å². The van der Waals surface area contributed by atoms with E-state index in [0.717, 1.165) is 13.1 Å². The fourth-order valence-electron chi connectivity index (χ4n) is 2.50. The molecule has 2 rings (SSSR count). The van der Waals surface area contributed by atoms with Gasteiger partial charge in [-0.05, 0) is 50.2 Å². The highest BCUT2D eigenvalue weighted by molar-refractivity contribution is 9.10. The maximum atomic E-state index is 3.56. The summed E-state index contributed by atoms with van der Waals surface area (Å²) in [5.41, 5.74) is 2.91. The molecule has 1 unspecified atom stereocenters. The molecule has 1 aromatic rings. The van der Waals surface area contributed by atoms with E-state index in [1.54, 1.807) is 0 Å². The highest BCUT2D eigenvalue weighted by Crippen LogP contribution is 2.39. The molecule has 0 spiro atoms. The lowest BCUT2D eigenvalue weighted by Crippen LogP contribution is -2.16. The van der Waals surface area contributed by atoms with Gasteiger partial charge in [0.25, 0.3) is 0 Å². The molecule has 0 radical (unpaired) electrons. The van der Waals surface area contributed by atoms with Crippen molar-refractivity contribution in [2.75, 3.05) is 32.1 Å². The largest absolute Gasteiger partial charge is 0.374 e. The van der Waals surface area contributed by atoms with Gasteiger partial charge in [0, 0.05) is 29.7 Å². The predicted molar refractivity (Wildman–Crippen MR) is 73.3 cm³/mol. The summed E-state index contributed by atoms with van der Waals surface area (Å²) in [5, 5.41) is 3.22. The average Bonchev–Trinajstić information content (AvgIpc) is 2.56. The molecule has 1 aliphatic heterocycles. The van der Waals surface area contributed by atoms with Crippen molar-refractivity contribution >= 4 is 21.6 Å². The third-order valence-electron chi connectivity index (χ3n) is 3.31. The lowest BCUT2D eigenvalue weighted by atomic mass is 9.96. The van der Waals surface area contributed by atoms with Gasteiger partial charge in [0.1, 0.15) is 0 Å². The zero-order valence-electron chi connectivity index (χ0n) is 9.96. The number of fused-ring (bicyclic) bond motifs is 1. The Morgan fingerprint density at radius 1 is 1.50 bits per heavy atom. The monoisotopic (exact) mass is 282 g/mol. The first-order valence-corrected chi connectivity index (χ1v) is 6.67. The maximum Gasteiger partial charge on any atom is 0.0400 e. The van der Waals surface area contributed by atoms with Crippen molar-refractivity contribution in [3.05, 3.63) is 28.2 Å². The summed E-state index contributed by atoms with van der Waals surface area (Å²) in [4.78, 5) is 2.37. The third-order valence-corrected chi connectivity index (χ3v) is 3.81. The van der Waals surface area contributed by atoms with Crippen molar-refractivity contribution in [3.8, 4) is 0 Å². The molecule has 0 bridgehead atoms.